The first-order valence-electron chi connectivity index (χ1n) is 6.51. The average Bonchev–Trinajstić information content (AvgIpc) is 3.10. The van der Waals surface area contributed by atoms with Gasteiger partial charge in [0.1, 0.15) is 5.03 Å². The lowest BCUT2D eigenvalue weighted by Gasteiger charge is -2.03. The molecule has 0 aliphatic rings. The topological polar surface area (TPSA) is 80.9 Å². The van der Waals surface area contributed by atoms with Crippen LogP contribution in [0.3, 0.4) is 0 Å². The summed E-state index contributed by atoms with van der Waals surface area (Å²) in [6.45, 7) is 0. The summed E-state index contributed by atoms with van der Waals surface area (Å²) in [5, 5.41) is 11.5. The quantitative estimate of drug-likeness (QED) is 0.729. The lowest BCUT2D eigenvalue weighted by molar-refractivity contribution is 0.0996. The molecule has 0 radical (unpaired) electrons. The van der Waals surface area contributed by atoms with E-state index < -0.39 is 0 Å². The Bertz CT molecular complexity index is 730. The first kappa shape index (κ1) is 14.3. The van der Waals surface area contributed by atoms with Crippen molar-refractivity contribution in [1.82, 2.24) is 15.2 Å². The van der Waals surface area contributed by atoms with Crippen molar-refractivity contribution >= 4 is 23.5 Å². The van der Waals surface area contributed by atoms with Crippen molar-refractivity contribution in [1.29, 1.82) is 0 Å². The number of carbonyl (C=O) groups excluding carboxylic acids is 1. The maximum Gasteiger partial charge on any atom is 0.292 e. The van der Waals surface area contributed by atoms with Gasteiger partial charge in [0.25, 0.3) is 5.91 Å². The van der Waals surface area contributed by atoms with Crippen LogP contribution in [0.4, 0.5) is 5.82 Å². The summed E-state index contributed by atoms with van der Waals surface area (Å²) in [6.07, 6.45) is 5.00. The number of hydrogen-bond donors (Lipinski definition) is 1. The van der Waals surface area contributed by atoms with Crippen LogP contribution in [-0.2, 0) is 5.75 Å². The molecule has 0 saturated carbocycles. The van der Waals surface area contributed by atoms with E-state index in [1.165, 1.54) is 6.26 Å². The van der Waals surface area contributed by atoms with Crippen LogP contribution in [0.5, 0.6) is 0 Å². The van der Waals surface area contributed by atoms with Crippen LogP contribution in [-0.4, -0.2) is 21.1 Å². The number of nitrogens with one attached hydrogen (secondary N) is 1. The molecule has 7 heteroatoms. The van der Waals surface area contributed by atoms with Crippen LogP contribution in [0.1, 0.15) is 16.1 Å². The molecule has 3 aromatic rings. The summed E-state index contributed by atoms with van der Waals surface area (Å²) < 4.78 is 5.01. The van der Waals surface area contributed by atoms with E-state index in [0.29, 0.717) is 5.82 Å². The van der Waals surface area contributed by atoms with Crippen LogP contribution in [0, 0.1) is 0 Å². The van der Waals surface area contributed by atoms with Crippen molar-refractivity contribution in [3.05, 3.63) is 66.4 Å². The number of carbonyl (C=O) groups is 1. The Morgan fingerprint density at radius 1 is 1.18 bits per heavy atom. The maximum absolute atomic E-state index is 11.8. The monoisotopic (exact) mass is 312 g/mol. The molecule has 3 aromatic heterocycles. The van der Waals surface area contributed by atoms with Crippen molar-refractivity contribution in [2.45, 2.75) is 10.8 Å². The van der Waals surface area contributed by atoms with Crippen LogP contribution in [0.25, 0.3) is 0 Å². The predicted molar refractivity (Wildman–Crippen MR) is 82.5 cm³/mol. The molecule has 3 rings (SSSR count). The van der Waals surface area contributed by atoms with E-state index in [1.807, 2.05) is 24.4 Å². The predicted octanol–water partition coefficient (Wildman–Crippen LogP) is 3.01. The SMILES string of the molecule is O=C(Nc1ccc(SCc2cccnc2)nn1)c1ccco1. The average molecular weight is 312 g/mol. The largest absolute Gasteiger partial charge is 0.459 e. The first-order valence-corrected chi connectivity index (χ1v) is 7.50. The molecule has 22 heavy (non-hydrogen) atoms. The molecule has 0 fully saturated rings. The van der Waals surface area contributed by atoms with Crippen molar-refractivity contribution in [3.63, 3.8) is 0 Å². The number of pyridine rings is 1. The molecule has 0 aromatic carbocycles. The molecule has 0 unspecified atom stereocenters. The zero-order chi connectivity index (χ0) is 15.2. The maximum atomic E-state index is 11.8. The molecule has 6 nitrogen and oxygen atoms in total. The standard InChI is InChI=1S/C15H12N4O2S/c20-15(12-4-2-8-21-12)17-13-5-6-14(19-18-13)22-10-11-3-1-7-16-9-11/h1-9H,10H2,(H,17,18,20). The van der Waals surface area contributed by atoms with E-state index in [-0.39, 0.29) is 11.7 Å². The van der Waals surface area contributed by atoms with Crippen LogP contribution in [0.15, 0.2) is 64.5 Å². The molecule has 1 N–H and O–H groups in total. The molecule has 0 saturated heterocycles. The Morgan fingerprint density at radius 2 is 2.14 bits per heavy atom. The molecule has 0 aliphatic heterocycles. The highest BCUT2D eigenvalue weighted by molar-refractivity contribution is 7.98. The van der Waals surface area contributed by atoms with Crippen LogP contribution >= 0.6 is 11.8 Å². The number of anilines is 1. The van der Waals surface area contributed by atoms with Gasteiger partial charge < -0.3 is 9.73 Å². The Kier molecular flexibility index (Phi) is 4.45. The lowest BCUT2D eigenvalue weighted by atomic mass is 10.3. The number of aromatic nitrogens is 3. The van der Waals surface area contributed by atoms with E-state index >= 15 is 0 Å². The van der Waals surface area contributed by atoms with Gasteiger partial charge in [0.05, 0.1) is 6.26 Å². The molecule has 3 heterocycles. The fraction of sp³-hybridized carbons (Fsp3) is 0.0667. The minimum Gasteiger partial charge on any atom is -0.459 e. The molecule has 110 valence electrons. The molecular formula is C15H12N4O2S. The van der Waals surface area contributed by atoms with E-state index in [2.05, 4.69) is 20.5 Å². The number of rotatable bonds is 5. The second kappa shape index (κ2) is 6.86. The number of amides is 1. The highest BCUT2D eigenvalue weighted by Crippen LogP contribution is 2.20. The number of hydrogen-bond acceptors (Lipinski definition) is 6. The van der Waals surface area contributed by atoms with E-state index in [4.69, 9.17) is 4.42 Å². The van der Waals surface area contributed by atoms with Crippen molar-refractivity contribution in [2.24, 2.45) is 0 Å². The Balaban J connectivity index is 1.57. The van der Waals surface area contributed by atoms with Gasteiger partial charge in [0.2, 0.25) is 0 Å². The van der Waals surface area contributed by atoms with Gasteiger partial charge >= 0.3 is 0 Å². The van der Waals surface area contributed by atoms with Gasteiger partial charge in [0, 0.05) is 18.1 Å². The molecule has 0 atom stereocenters. The molecule has 0 bridgehead atoms. The summed E-state index contributed by atoms with van der Waals surface area (Å²) >= 11 is 1.55. The third kappa shape index (κ3) is 3.70. The minimum absolute atomic E-state index is 0.233. The highest BCUT2D eigenvalue weighted by Gasteiger charge is 2.09. The minimum atomic E-state index is -0.352. The van der Waals surface area contributed by atoms with Gasteiger partial charge in [-0.1, -0.05) is 17.8 Å². The van der Waals surface area contributed by atoms with Crippen LogP contribution in [0.2, 0.25) is 0 Å². The zero-order valence-corrected chi connectivity index (χ0v) is 12.3. The highest BCUT2D eigenvalue weighted by atomic mass is 32.2. The second-order valence-electron chi connectivity index (χ2n) is 4.34. The summed E-state index contributed by atoms with van der Waals surface area (Å²) in [7, 11) is 0. The number of nitrogens with zero attached hydrogens (tertiary/aromatic N) is 3. The number of furan rings is 1. The molecule has 1 amide bonds. The van der Waals surface area contributed by atoms with Crippen molar-refractivity contribution < 1.29 is 9.21 Å². The summed E-state index contributed by atoms with van der Waals surface area (Å²) in [4.78, 5) is 15.8. The number of thioether (sulfide) groups is 1. The Labute approximate surface area is 131 Å². The fourth-order valence-electron chi connectivity index (χ4n) is 1.69. The van der Waals surface area contributed by atoms with Gasteiger partial charge in [0.15, 0.2) is 11.6 Å². The smallest absolute Gasteiger partial charge is 0.292 e. The fourth-order valence-corrected chi connectivity index (χ4v) is 2.44. The summed E-state index contributed by atoms with van der Waals surface area (Å²) in [5.74, 6) is 1.03. The van der Waals surface area contributed by atoms with Crippen molar-refractivity contribution in [3.8, 4) is 0 Å². The van der Waals surface area contributed by atoms with Crippen LogP contribution < -0.4 is 5.32 Å². The molecule has 0 aliphatic carbocycles. The normalized spacial score (nSPS) is 10.4. The van der Waals surface area contributed by atoms with E-state index in [1.54, 1.807) is 36.2 Å². The van der Waals surface area contributed by atoms with Crippen molar-refractivity contribution in [2.75, 3.05) is 5.32 Å². The first-order chi connectivity index (χ1) is 10.8. The van der Waals surface area contributed by atoms with Gasteiger partial charge in [-0.2, -0.15) is 0 Å². The van der Waals surface area contributed by atoms with Gasteiger partial charge in [-0.3, -0.25) is 9.78 Å². The van der Waals surface area contributed by atoms with Gasteiger partial charge in [-0.05, 0) is 35.9 Å². The van der Waals surface area contributed by atoms with E-state index in [0.717, 1.165) is 16.3 Å². The summed E-state index contributed by atoms with van der Waals surface area (Å²) in [5.41, 5.74) is 1.12. The third-order valence-electron chi connectivity index (χ3n) is 2.74. The Hall–Kier alpha value is -2.67. The van der Waals surface area contributed by atoms with Gasteiger partial charge in [-0.25, -0.2) is 0 Å². The lowest BCUT2D eigenvalue weighted by Crippen LogP contribution is -2.12. The molecule has 0 spiro atoms. The van der Waals surface area contributed by atoms with E-state index in [9.17, 15) is 4.79 Å². The second-order valence-corrected chi connectivity index (χ2v) is 5.33. The van der Waals surface area contributed by atoms with Gasteiger partial charge in [-0.15, -0.1) is 10.2 Å². The molecular weight excluding hydrogens is 300 g/mol. The zero-order valence-electron chi connectivity index (χ0n) is 11.5. The Morgan fingerprint density at radius 3 is 2.82 bits per heavy atom. The third-order valence-corrected chi connectivity index (χ3v) is 3.73. The summed E-state index contributed by atoms with van der Waals surface area (Å²) in [6, 6.07) is 10.7.